The van der Waals surface area contributed by atoms with Gasteiger partial charge in [0.05, 0.1) is 55.9 Å². The number of carbonyl (C=O) groups excluding carboxylic acids is 14. The van der Waals surface area contributed by atoms with Gasteiger partial charge in [-0.25, -0.2) is 35.9 Å². The molecule has 38 heteroatoms. The zero-order chi connectivity index (χ0) is 89.0. The minimum Gasteiger partial charge on any atom is -0.497 e. The van der Waals surface area contributed by atoms with Crippen LogP contribution in [0.4, 0.5) is 9.59 Å². The maximum absolute atomic E-state index is 14.7. The first-order chi connectivity index (χ1) is 58.1. The predicted octanol–water partition coefficient (Wildman–Crippen LogP) is 3.71. The van der Waals surface area contributed by atoms with Gasteiger partial charge in [0.15, 0.2) is 0 Å². The molecule has 9 rings (SSSR count). The maximum Gasteiger partial charge on any atom is 0.407 e. The van der Waals surface area contributed by atoms with Gasteiger partial charge < -0.3 is 78.0 Å². The van der Waals surface area contributed by atoms with E-state index in [1.54, 1.807) is 98.8 Å². The van der Waals surface area contributed by atoms with Crippen molar-refractivity contribution in [2.24, 2.45) is 35.1 Å². The molecule has 2 aliphatic heterocycles. The number of ketones is 2. The summed E-state index contributed by atoms with van der Waals surface area (Å²) >= 11 is 0. The normalized spacial score (nSPS) is 18.3. The number of hydrogen-bond acceptors (Lipinski definition) is 22. The summed E-state index contributed by atoms with van der Waals surface area (Å²) in [7, 11) is -7.01. The van der Waals surface area contributed by atoms with E-state index in [2.05, 4.69) is 57.0 Å². The van der Waals surface area contributed by atoms with E-state index in [1.807, 2.05) is 27.7 Å². The average molecular weight is 1730 g/mol. The third kappa shape index (κ3) is 27.5. The monoisotopic (exact) mass is 1730 g/mol. The number of nitrogens with zero attached hydrogens (tertiary/aromatic N) is 3. The van der Waals surface area contributed by atoms with E-state index in [4.69, 9.17) is 25.7 Å². The average Bonchev–Trinajstić information content (AvgIpc) is 1.46. The first kappa shape index (κ1) is 96.0. The fraction of sp³-hybridized carbons (Fsp3) is 0.512. The summed E-state index contributed by atoms with van der Waals surface area (Å²) in [6.45, 7) is 9.21. The van der Waals surface area contributed by atoms with Gasteiger partial charge in [0.25, 0.3) is 11.8 Å². The second-order valence-corrected chi connectivity index (χ2v) is 35.0. The Balaban J connectivity index is 0.000000303. The van der Waals surface area contributed by atoms with Crippen molar-refractivity contribution in [2.75, 3.05) is 46.5 Å². The first-order valence-electron chi connectivity index (χ1n) is 41.2. The summed E-state index contributed by atoms with van der Waals surface area (Å²) in [4.78, 5) is 193. The molecule has 4 fully saturated rings. The van der Waals surface area contributed by atoms with E-state index in [0.29, 0.717) is 60.8 Å². The van der Waals surface area contributed by atoms with Crippen molar-refractivity contribution in [3.8, 4) is 5.75 Å². The number of para-hydroxylation sites is 1. The number of Topliss-reactive ketones (excluding diaryl/α,β-unsaturated/α-hetero) is 2. The summed E-state index contributed by atoms with van der Waals surface area (Å²) in [6, 6.07) is 18.1. The summed E-state index contributed by atoms with van der Waals surface area (Å²) < 4.78 is 76.1. The number of ether oxygens (including phenoxy) is 3. The molecule has 4 aromatic carbocycles. The molecule has 5 aromatic rings. The molecule has 12 amide bonds. The SMILES string of the molecule is CCCC(NC(=O)C1C[C@@H](NS(=O)(=O)c2ccc(OC)cc2)CN1C(=O)[C@@H](NC(=O)OCC(C)C)C1CCCCC1)C(=O)C(=O)NCC(=O)N[C@H](C(N)=O)c1ccccc1.CCCC(NC(=O)[C@@H]1C[C@@H](NS(=O)(=O)c2cccc3cccnc23)CN1C(=O)[C@@H](NC(=O)OCC(C)C)C1CCCCC1)C(=O)C(=O)NCC(=O)N[C@H](C(N)=O)c1ccccc1. The summed E-state index contributed by atoms with van der Waals surface area (Å²) in [6.07, 6.45) is 7.74. The van der Waals surface area contributed by atoms with Crippen molar-refractivity contribution >= 4 is 114 Å². The number of primary amides is 2. The smallest absolute Gasteiger partial charge is 0.407 e. The number of fused-ring (bicyclic) bond motifs is 1. The lowest BCUT2D eigenvalue weighted by atomic mass is 9.83. The number of alkyl carbamates (subject to hydrolysis) is 2. The highest BCUT2D eigenvalue weighted by Gasteiger charge is 2.49. The predicted molar refractivity (Wildman–Crippen MR) is 445 cm³/mol. The number of amides is 12. The van der Waals surface area contributed by atoms with Crippen LogP contribution in [0.3, 0.4) is 0 Å². The summed E-state index contributed by atoms with van der Waals surface area (Å²) in [5.41, 5.74) is 12.0. The van der Waals surface area contributed by atoms with Gasteiger partial charge in [-0.2, -0.15) is 0 Å². The topological polar surface area (TPSA) is 527 Å². The molecule has 36 nitrogen and oxygen atoms in total. The largest absolute Gasteiger partial charge is 0.497 e. The molecule has 2 aliphatic carbocycles. The quantitative estimate of drug-likeness (QED) is 0.0249. The number of sulfonamides is 2. The Bertz CT molecular complexity index is 4740. The van der Waals surface area contributed by atoms with Crippen molar-refractivity contribution in [1.82, 2.24) is 66.8 Å². The van der Waals surface area contributed by atoms with Gasteiger partial charge in [0.1, 0.15) is 46.9 Å². The summed E-state index contributed by atoms with van der Waals surface area (Å²) in [5, 5.41) is 20.6. The highest BCUT2D eigenvalue weighted by atomic mass is 32.2. The second-order valence-electron chi connectivity index (χ2n) is 31.6. The van der Waals surface area contributed by atoms with Gasteiger partial charge in [-0.3, -0.25) is 62.5 Å². The third-order valence-electron chi connectivity index (χ3n) is 21.2. The number of carbonyl (C=O) groups is 14. The molecule has 122 heavy (non-hydrogen) atoms. The van der Waals surface area contributed by atoms with Gasteiger partial charge >= 0.3 is 12.2 Å². The molecule has 2 saturated carbocycles. The number of hydrogen-bond donors (Lipinski definition) is 12. The summed E-state index contributed by atoms with van der Waals surface area (Å²) in [5.74, 6) is -10.9. The van der Waals surface area contributed by atoms with Gasteiger partial charge in [-0.05, 0) is 123 Å². The van der Waals surface area contributed by atoms with Crippen molar-refractivity contribution in [2.45, 2.75) is 214 Å². The number of rotatable bonds is 39. The lowest BCUT2D eigenvalue weighted by Crippen LogP contribution is -2.58. The molecule has 0 bridgehead atoms. The minimum absolute atomic E-state index is 0.000693. The van der Waals surface area contributed by atoms with Crippen LogP contribution in [0.2, 0.25) is 0 Å². The number of likely N-dealkylation sites (tertiary alicyclic amines) is 2. The Labute approximate surface area is 709 Å². The number of nitrogens with two attached hydrogens (primary N) is 2. The molecule has 0 radical (unpaired) electrons. The van der Waals surface area contributed by atoms with E-state index < -0.39 is 176 Å². The highest BCUT2D eigenvalue weighted by Crippen LogP contribution is 2.34. The van der Waals surface area contributed by atoms with Crippen molar-refractivity contribution in [3.63, 3.8) is 0 Å². The maximum atomic E-state index is 14.7. The highest BCUT2D eigenvalue weighted by molar-refractivity contribution is 7.90. The third-order valence-corrected chi connectivity index (χ3v) is 24.3. The van der Waals surface area contributed by atoms with E-state index in [1.165, 1.54) is 53.4 Å². The van der Waals surface area contributed by atoms with Crippen LogP contribution in [0.1, 0.15) is 167 Å². The lowest BCUT2D eigenvalue weighted by molar-refractivity contribution is -0.143. The molecule has 10 atom stereocenters. The van der Waals surface area contributed by atoms with Gasteiger partial charge in [0, 0.05) is 36.8 Å². The van der Waals surface area contributed by atoms with E-state index in [-0.39, 0.29) is 91.0 Å². The molecular formula is C84H113N15O21S2. The van der Waals surface area contributed by atoms with Crippen LogP contribution in [0.15, 0.2) is 131 Å². The number of pyridine rings is 1. The van der Waals surface area contributed by atoms with Gasteiger partial charge in [0.2, 0.25) is 78.9 Å². The van der Waals surface area contributed by atoms with Crippen LogP contribution in [-0.2, 0) is 87.1 Å². The number of benzene rings is 4. The number of methoxy groups -OCH3 is 1. The first-order valence-corrected chi connectivity index (χ1v) is 44.1. The molecule has 14 N–H and O–H groups in total. The Hall–Kier alpha value is -11.5. The molecular weight excluding hydrogens is 1620 g/mol. The Morgan fingerprint density at radius 3 is 1.30 bits per heavy atom. The van der Waals surface area contributed by atoms with Crippen LogP contribution in [0, 0.1) is 23.7 Å². The van der Waals surface area contributed by atoms with Crippen LogP contribution in [0.25, 0.3) is 10.9 Å². The van der Waals surface area contributed by atoms with Gasteiger partial charge in [-0.15, -0.1) is 0 Å². The molecule has 1 aromatic heterocycles. The fourth-order valence-electron chi connectivity index (χ4n) is 15.1. The van der Waals surface area contributed by atoms with Crippen LogP contribution in [0.5, 0.6) is 5.75 Å². The van der Waals surface area contributed by atoms with Crippen molar-refractivity contribution < 1.29 is 98.2 Å². The zero-order valence-electron chi connectivity index (χ0n) is 69.6. The molecule has 3 unspecified atom stereocenters. The van der Waals surface area contributed by atoms with Crippen LogP contribution < -0.4 is 68.2 Å². The van der Waals surface area contributed by atoms with Crippen LogP contribution >= 0.6 is 0 Å². The minimum atomic E-state index is -4.28. The zero-order valence-corrected chi connectivity index (χ0v) is 71.2. The van der Waals surface area contributed by atoms with E-state index >= 15 is 0 Å². The second kappa shape index (κ2) is 45.9. The molecule has 0 spiro atoms. The number of nitrogens with one attached hydrogen (secondary N) is 10. The molecule has 2 saturated heterocycles. The lowest BCUT2D eigenvalue weighted by Gasteiger charge is -2.34. The van der Waals surface area contributed by atoms with Crippen molar-refractivity contribution in [3.05, 3.63) is 133 Å². The van der Waals surface area contributed by atoms with Crippen molar-refractivity contribution in [1.29, 1.82) is 0 Å². The van der Waals surface area contributed by atoms with Gasteiger partial charge in [-0.1, -0.05) is 172 Å². The fourth-order valence-corrected chi connectivity index (χ4v) is 17.8. The standard InChI is InChI=1S/C43H56N8O10S.C41H57N7O11S/c1-4-13-31(38(53)41(56)46-23-34(52)48-36(39(44)54)28-14-7-5-8-15-28)47-40(55)32-22-30(50-62(59,60)33-20-11-18-27-19-12-21-45-35(27)33)24-51(32)42(57)37(29-16-9-6-10-17-29)49-43(58)61-25-26(2)3;1-5-12-31(36(50)39(53)43-22-33(49)45-34(37(42)51)26-13-8-6-9-14-26)44-38(52)32-21-28(47-60(56,57)30-19-17-29(58-4)18-20-30)23-48(32)40(54)35(27-15-10-7-11-16-27)46-41(55)59-24-25(2)3/h5,7-8,11-12,14-15,18-21,26,29-32,36-37,50H,4,6,9-10,13,16-17,22-25H2,1-3H3,(H2,44,54)(H,46,56)(H,47,55)(H,48,52)(H,49,58);6,8-9,13-14,17-20,25,27-28,31-32,34-35,47H,5,7,10-12,15-16,21-24H2,1-4H3,(H2,42,51)(H,43,53)(H,44,52)(H,45,49)(H,46,55)/t30-,31?,32+,36+,37+;28-,31?,32?,34+,35+/m11/s1. The Kier molecular flexibility index (Phi) is 36.1. The molecule has 3 heterocycles. The Morgan fingerprint density at radius 1 is 0.492 bits per heavy atom. The van der Waals surface area contributed by atoms with E-state index in [0.717, 1.165) is 38.5 Å². The number of aromatic nitrogens is 1. The molecule has 662 valence electrons. The molecule has 4 aliphatic rings. The van der Waals surface area contributed by atoms with E-state index in [9.17, 15) is 84.0 Å². The Morgan fingerprint density at radius 2 is 0.902 bits per heavy atom. The van der Waals surface area contributed by atoms with Crippen LogP contribution in [-0.4, -0.2) is 209 Å².